The predicted octanol–water partition coefficient (Wildman–Crippen LogP) is 4.61. The summed E-state index contributed by atoms with van der Waals surface area (Å²) in [5.41, 5.74) is 1.00. The molecule has 3 heterocycles. The lowest BCUT2D eigenvalue weighted by Crippen LogP contribution is -2.41. The van der Waals surface area contributed by atoms with Gasteiger partial charge in [-0.3, -0.25) is 23.9 Å². The highest BCUT2D eigenvalue weighted by Crippen LogP contribution is 2.37. The summed E-state index contributed by atoms with van der Waals surface area (Å²) in [6.07, 6.45) is 6.68. The predicted molar refractivity (Wildman–Crippen MR) is 151 cm³/mol. The number of amides is 1. The number of anilines is 1. The molecule has 0 unspecified atom stereocenters. The van der Waals surface area contributed by atoms with E-state index in [0.717, 1.165) is 19.3 Å². The van der Waals surface area contributed by atoms with Gasteiger partial charge in [0.15, 0.2) is 0 Å². The second-order valence-corrected chi connectivity index (χ2v) is 11.0. The third kappa shape index (κ3) is 6.27. The van der Waals surface area contributed by atoms with E-state index in [1.807, 2.05) is 6.92 Å². The van der Waals surface area contributed by atoms with Crippen molar-refractivity contribution in [3.05, 3.63) is 31.9 Å². The lowest BCUT2D eigenvalue weighted by molar-refractivity contribution is -0.148. The summed E-state index contributed by atoms with van der Waals surface area (Å²) in [7, 11) is 0. The molecule has 2 fully saturated rings. The van der Waals surface area contributed by atoms with Gasteiger partial charge in [-0.25, -0.2) is 0 Å². The van der Waals surface area contributed by atoms with E-state index in [1.54, 1.807) is 29.4 Å². The second-order valence-electron chi connectivity index (χ2n) is 9.36. The largest absolute Gasteiger partial charge is 0.466 e. The number of esters is 1. The number of carbonyl (C=O) groups is 2. The van der Waals surface area contributed by atoms with E-state index in [2.05, 4.69) is 17.9 Å². The maximum Gasteiger partial charge on any atom is 0.309 e. The number of piperidine rings is 1. The Labute approximate surface area is 228 Å². The number of aromatic nitrogens is 1. The maximum absolute atomic E-state index is 13.4. The molecule has 0 bridgehead atoms. The normalized spacial score (nSPS) is 17.5. The zero-order valence-electron chi connectivity index (χ0n) is 22.2. The van der Waals surface area contributed by atoms with E-state index in [1.165, 1.54) is 11.8 Å². The average Bonchev–Trinajstić information content (AvgIpc) is 3.15. The molecule has 8 nitrogen and oxygen atoms in total. The summed E-state index contributed by atoms with van der Waals surface area (Å²) in [4.78, 5) is 43.2. The molecule has 2 aliphatic heterocycles. The Balaban J connectivity index is 2.07. The minimum absolute atomic E-state index is 0.0864. The standard InChI is InChI=1S/C27H36N4O4S2/c1-5-8-9-13-31-25(33)22(37-27(31)36)16-20-18(4)21(17-28)24(32)30(12-6-2)23(20)29-14-10-19(11-15-29)26(34)35-7-3/h16,19H,5-15H2,1-4H3/b22-16+. The summed E-state index contributed by atoms with van der Waals surface area (Å²) < 4.78 is 7.41. The van der Waals surface area contributed by atoms with E-state index in [-0.39, 0.29) is 28.9 Å². The van der Waals surface area contributed by atoms with Crippen molar-refractivity contribution < 1.29 is 14.3 Å². The first kappa shape index (κ1) is 28.9. The minimum atomic E-state index is -0.325. The summed E-state index contributed by atoms with van der Waals surface area (Å²) in [6.45, 7) is 10.2. The number of rotatable bonds is 10. The number of unbranched alkanes of at least 4 members (excludes halogenated alkanes) is 2. The summed E-state index contributed by atoms with van der Waals surface area (Å²) in [5.74, 6) is 0.201. The number of thiocarbonyl (C=S) groups is 1. The Hall–Kier alpha value is -2.64. The van der Waals surface area contributed by atoms with E-state index in [9.17, 15) is 19.6 Å². The highest BCUT2D eigenvalue weighted by Gasteiger charge is 2.34. The zero-order chi connectivity index (χ0) is 27.1. The van der Waals surface area contributed by atoms with Crippen LogP contribution in [0, 0.1) is 24.2 Å². The molecule has 0 saturated carbocycles. The Kier molecular flexibility index (Phi) is 10.4. The van der Waals surface area contributed by atoms with Crippen LogP contribution >= 0.6 is 24.0 Å². The fraction of sp³-hybridized carbons (Fsp3) is 0.593. The van der Waals surface area contributed by atoms with Crippen LogP contribution in [-0.2, 0) is 20.9 Å². The Morgan fingerprint density at radius 2 is 1.86 bits per heavy atom. The van der Waals surface area contributed by atoms with Crippen LogP contribution in [0.1, 0.15) is 76.0 Å². The van der Waals surface area contributed by atoms with Gasteiger partial charge < -0.3 is 9.64 Å². The third-order valence-corrected chi connectivity index (χ3v) is 8.22. The fourth-order valence-corrected chi connectivity index (χ4v) is 6.14. The maximum atomic E-state index is 13.4. The number of hydrogen-bond donors (Lipinski definition) is 0. The minimum Gasteiger partial charge on any atom is -0.466 e. The first-order chi connectivity index (χ1) is 17.8. The van der Waals surface area contributed by atoms with E-state index in [4.69, 9.17) is 17.0 Å². The molecule has 0 aliphatic carbocycles. The van der Waals surface area contributed by atoms with Gasteiger partial charge in [-0.1, -0.05) is 50.7 Å². The SMILES string of the molecule is CCCCCN1C(=O)/C(=C\c2c(C)c(C#N)c(=O)n(CCC)c2N2CCC(C(=O)OCC)CC2)SC1=S. The molecule has 0 spiro atoms. The molecule has 0 aromatic carbocycles. The molecule has 0 radical (unpaired) electrons. The van der Waals surface area contributed by atoms with Crippen molar-refractivity contribution in [3.8, 4) is 6.07 Å². The molecule has 1 amide bonds. The molecule has 1 aromatic heterocycles. The number of nitrogens with zero attached hydrogens (tertiary/aromatic N) is 4. The number of thioether (sulfide) groups is 1. The van der Waals surface area contributed by atoms with Crippen molar-refractivity contribution in [2.24, 2.45) is 5.92 Å². The molecule has 200 valence electrons. The van der Waals surface area contributed by atoms with Gasteiger partial charge in [-0.05, 0) is 51.2 Å². The van der Waals surface area contributed by atoms with Crippen molar-refractivity contribution in [1.29, 1.82) is 5.26 Å². The van der Waals surface area contributed by atoms with E-state index < -0.39 is 0 Å². The molecule has 37 heavy (non-hydrogen) atoms. The lowest BCUT2D eigenvalue weighted by atomic mass is 9.95. The van der Waals surface area contributed by atoms with Crippen LogP contribution < -0.4 is 10.5 Å². The number of nitriles is 1. The van der Waals surface area contributed by atoms with Crippen LogP contribution in [-0.4, -0.2) is 51.9 Å². The quantitative estimate of drug-likeness (QED) is 0.182. The highest BCUT2D eigenvalue weighted by molar-refractivity contribution is 8.26. The van der Waals surface area contributed by atoms with Gasteiger partial charge in [-0.2, -0.15) is 5.26 Å². The second kappa shape index (κ2) is 13.2. The fourth-order valence-electron chi connectivity index (χ4n) is 4.85. The lowest BCUT2D eigenvalue weighted by Gasteiger charge is -2.35. The van der Waals surface area contributed by atoms with Crippen molar-refractivity contribution in [2.75, 3.05) is 31.1 Å². The van der Waals surface area contributed by atoms with Crippen LogP contribution in [0.4, 0.5) is 5.82 Å². The molecular formula is C27H36N4O4S2. The topological polar surface area (TPSA) is 95.6 Å². The van der Waals surface area contributed by atoms with Crippen LogP contribution in [0.15, 0.2) is 9.70 Å². The van der Waals surface area contributed by atoms with Crippen molar-refractivity contribution in [2.45, 2.75) is 72.8 Å². The number of ether oxygens (including phenoxy) is 1. The number of pyridine rings is 1. The molecule has 0 N–H and O–H groups in total. The van der Waals surface area contributed by atoms with Crippen LogP contribution in [0.3, 0.4) is 0 Å². The molecule has 0 atom stereocenters. The molecule has 10 heteroatoms. The highest BCUT2D eigenvalue weighted by atomic mass is 32.2. The first-order valence-corrected chi connectivity index (χ1v) is 14.4. The van der Waals surface area contributed by atoms with Crippen molar-refractivity contribution in [1.82, 2.24) is 9.47 Å². The smallest absolute Gasteiger partial charge is 0.309 e. The summed E-state index contributed by atoms with van der Waals surface area (Å²) in [6, 6.07) is 2.09. The average molecular weight is 545 g/mol. The Morgan fingerprint density at radius 1 is 1.16 bits per heavy atom. The Bertz CT molecular complexity index is 1180. The molecule has 1 aromatic rings. The van der Waals surface area contributed by atoms with E-state index in [0.29, 0.717) is 78.2 Å². The van der Waals surface area contributed by atoms with Crippen LogP contribution in [0.2, 0.25) is 0 Å². The zero-order valence-corrected chi connectivity index (χ0v) is 23.8. The molecule has 3 rings (SSSR count). The van der Waals surface area contributed by atoms with Gasteiger partial charge in [0, 0.05) is 31.7 Å². The van der Waals surface area contributed by atoms with Gasteiger partial charge in [0.1, 0.15) is 21.8 Å². The number of carbonyl (C=O) groups excluding carboxylic acids is 2. The summed E-state index contributed by atoms with van der Waals surface area (Å²) >= 11 is 6.78. The van der Waals surface area contributed by atoms with Gasteiger partial charge in [0.2, 0.25) is 0 Å². The molecular weight excluding hydrogens is 508 g/mol. The van der Waals surface area contributed by atoms with Gasteiger partial charge in [0.05, 0.1) is 17.4 Å². The van der Waals surface area contributed by atoms with Crippen molar-refractivity contribution in [3.63, 3.8) is 0 Å². The monoisotopic (exact) mass is 544 g/mol. The van der Waals surface area contributed by atoms with Gasteiger partial charge in [-0.15, -0.1) is 0 Å². The van der Waals surface area contributed by atoms with Crippen molar-refractivity contribution >= 4 is 52.1 Å². The van der Waals surface area contributed by atoms with E-state index >= 15 is 0 Å². The molecule has 2 saturated heterocycles. The summed E-state index contributed by atoms with van der Waals surface area (Å²) in [5, 5.41) is 9.83. The van der Waals surface area contributed by atoms with Crippen LogP contribution in [0.5, 0.6) is 0 Å². The molecule has 2 aliphatic rings. The number of hydrogen-bond acceptors (Lipinski definition) is 8. The Morgan fingerprint density at radius 3 is 2.46 bits per heavy atom. The van der Waals surface area contributed by atoms with Crippen LogP contribution in [0.25, 0.3) is 6.08 Å². The van der Waals surface area contributed by atoms with Gasteiger partial charge >= 0.3 is 5.97 Å². The van der Waals surface area contributed by atoms with Gasteiger partial charge in [0.25, 0.3) is 11.5 Å². The first-order valence-electron chi connectivity index (χ1n) is 13.1. The third-order valence-electron chi connectivity index (χ3n) is 6.84.